The van der Waals surface area contributed by atoms with E-state index in [1.165, 1.54) is 19.3 Å². The summed E-state index contributed by atoms with van der Waals surface area (Å²) in [6, 6.07) is 13.5. The lowest BCUT2D eigenvalue weighted by molar-refractivity contribution is 0.0951. The molecule has 0 radical (unpaired) electrons. The molecule has 2 aromatic carbocycles. The molecule has 0 heterocycles. The number of hydrogen-bond acceptors (Lipinski definition) is 3. The molecule has 1 aliphatic rings. The van der Waals surface area contributed by atoms with Crippen molar-refractivity contribution in [2.24, 2.45) is 5.84 Å². The van der Waals surface area contributed by atoms with Gasteiger partial charge in [0.05, 0.1) is 5.56 Å². The molecule has 4 heteroatoms. The van der Waals surface area contributed by atoms with Gasteiger partial charge in [0.15, 0.2) is 0 Å². The van der Waals surface area contributed by atoms with E-state index in [1.807, 2.05) is 36.4 Å². The Morgan fingerprint density at radius 1 is 1.09 bits per heavy atom. The van der Waals surface area contributed by atoms with Gasteiger partial charge in [0.25, 0.3) is 5.91 Å². The van der Waals surface area contributed by atoms with Gasteiger partial charge in [0.1, 0.15) is 5.75 Å². The standard InChI is InChI=1S/C19H22N2O2/c20-21-19(23)17-12-15(13-7-3-1-4-8-13)11-16(18(17)22)14-9-5-2-6-10-14/h2,5-6,9-13,22H,1,3-4,7-8,20H2,(H,21,23). The van der Waals surface area contributed by atoms with Crippen molar-refractivity contribution in [3.63, 3.8) is 0 Å². The summed E-state index contributed by atoms with van der Waals surface area (Å²) in [4.78, 5) is 12.1. The Bertz CT molecular complexity index is 692. The molecule has 23 heavy (non-hydrogen) atoms. The van der Waals surface area contributed by atoms with Crippen LogP contribution in [0.4, 0.5) is 0 Å². The normalized spacial score (nSPS) is 15.3. The minimum Gasteiger partial charge on any atom is -0.506 e. The number of carbonyl (C=O) groups excluding carboxylic acids is 1. The summed E-state index contributed by atoms with van der Waals surface area (Å²) in [5.74, 6) is 5.24. The number of hydrogen-bond donors (Lipinski definition) is 3. The molecule has 120 valence electrons. The molecule has 4 nitrogen and oxygen atoms in total. The van der Waals surface area contributed by atoms with Gasteiger partial charge in [-0.2, -0.15) is 0 Å². The van der Waals surface area contributed by atoms with Crippen molar-refractivity contribution in [1.82, 2.24) is 5.43 Å². The van der Waals surface area contributed by atoms with Crippen LogP contribution in [0.15, 0.2) is 42.5 Å². The number of hydrazine groups is 1. The Morgan fingerprint density at radius 2 is 1.78 bits per heavy atom. The Kier molecular flexibility index (Phi) is 4.63. The molecular formula is C19H22N2O2. The van der Waals surface area contributed by atoms with Crippen molar-refractivity contribution in [3.05, 3.63) is 53.6 Å². The molecule has 1 aliphatic carbocycles. The van der Waals surface area contributed by atoms with Gasteiger partial charge in [0, 0.05) is 5.56 Å². The van der Waals surface area contributed by atoms with Crippen molar-refractivity contribution in [1.29, 1.82) is 0 Å². The molecule has 0 atom stereocenters. The highest BCUT2D eigenvalue weighted by Crippen LogP contribution is 2.39. The van der Waals surface area contributed by atoms with Gasteiger partial charge in [-0.05, 0) is 42.0 Å². The van der Waals surface area contributed by atoms with Crippen LogP contribution in [0.3, 0.4) is 0 Å². The lowest BCUT2D eigenvalue weighted by atomic mass is 9.82. The molecule has 0 unspecified atom stereocenters. The first-order valence-electron chi connectivity index (χ1n) is 8.14. The maximum atomic E-state index is 12.1. The van der Waals surface area contributed by atoms with Crippen LogP contribution in [0.25, 0.3) is 11.1 Å². The van der Waals surface area contributed by atoms with E-state index in [1.54, 1.807) is 6.07 Å². The highest BCUT2D eigenvalue weighted by atomic mass is 16.3. The van der Waals surface area contributed by atoms with E-state index >= 15 is 0 Å². The predicted octanol–water partition coefficient (Wildman–Crippen LogP) is 3.71. The number of nitrogens with two attached hydrogens (primary N) is 1. The summed E-state index contributed by atoms with van der Waals surface area (Å²) in [6.07, 6.45) is 5.96. The highest BCUT2D eigenvalue weighted by molar-refractivity contribution is 5.99. The first-order valence-corrected chi connectivity index (χ1v) is 8.14. The van der Waals surface area contributed by atoms with Crippen LogP contribution in [0.2, 0.25) is 0 Å². The van der Waals surface area contributed by atoms with Gasteiger partial charge in [-0.3, -0.25) is 10.2 Å². The lowest BCUT2D eigenvalue weighted by Crippen LogP contribution is -2.30. The van der Waals surface area contributed by atoms with E-state index in [4.69, 9.17) is 5.84 Å². The van der Waals surface area contributed by atoms with Crippen molar-refractivity contribution in [2.45, 2.75) is 38.0 Å². The second kappa shape index (κ2) is 6.84. The van der Waals surface area contributed by atoms with Gasteiger partial charge < -0.3 is 5.11 Å². The van der Waals surface area contributed by atoms with E-state index in [0.717, 1.165) is 24.0 Å². The summed E-state index contributed by atoms with van der Waals surface area (Å²) >= 11 is 0. The van der Waals surface area contributed by atoms with Crippen LogP contribution < -0.4 is 11.3 Å². The van der Waals surface area contributed by atoms with Crippen molar-refractivity contribution < 1.29 is 9.90 Å². The average molecular weight is 310 g/mol. The van der Waals surface area contributed by atoms with Crippen LogP contribution >= 0.6 is 0 Å². The SMILES string of the molecule is NNC(=O)c1cc(C2CCCCC2)cc(-c2ccccc2)c1O. The number of amides is 1. The summed E-state index contributed by atoms with van der Waals surface area (Å²) in [5.41, 5.74) is 5.07. The predicted molar refractivity (Wildman–Crippen MR) is 91.0 cm³/mol. The smallest absolute Gasteiger partial charge is 0.268 e. The largest absolute Gasteiger partial charge is 0.506 e. The molecule has 0 saturated heterocycles. The van der Waals surface area contributed by atoms with Gasteiger partial charge in [-0.25, -0.2) is 5.84 Å². The number of rotatable bonds is 3. The fourth-order valence-corrected chi connectivity index (χ4v) is 3.42. The molecule has 1 saturated carbocycles. The van der Waals surface area contributed by atoms with Crippen LogP contribution in [-0.2, 0) is 0 Å². The topological polar surface area (TPSA) is 75.3 Å². The Morgan fingerprint density at radius 3 is 2.43 bits per heavy atom. The molecule has 0 bridgehead atoms. The van der Waals surface area contributed by atoms with E-state index in [9.17, 15) is 9.90 Å². The van der Waals surface area contributed by atoms with Gasteiger partial charge >= 0.3 is 0 Å². The summed E-state index contributed by atoms with van der Waals surface area (Å²) in [5, 5.41) is 10.6. The van der Waals surface area contributed by atoms with Crippen molar-refractivity contribution in [3.8, 4) is 16.9 Å². The molecule has 3 rings (SSSR count). The third-order valence-electron chi connectivity index (χ3n) is 4.67. The number of nitrogen functional groups attached to an aromatic ring is 1. The molecule has 0 aromatic heterocycles. The maximum absolute atomic E-state index is 12.1. The van der Waals surface area contributed by atoms with Crippen molar-refractivity contribution in [2.75, 3.05) is 0 Å². The van der Waals surface area contributed by atoms with E-state index < -0.39 is 5.91 Å². The number of nitrogens with one attached hydrogen (secondary N) is 1. The monoisotopic (exact) mass is 310 g/mol. The number of benzene rings is 2. The van der Waals surface area contributed by atoms with Crippen molar-refractivity contribution >= 4 is 5.91 Å². The number of aromatic hydroxyl groups is 1. The molecule has 2 aromatic rings. The molecule has 0 spiro atoms. The Labute approximate surface area is 136 Å². The van der Waals surface area contributed by atoms with Gasteiger partial charge in [-0.1, -0.05) is 49.6 Å². The summed E-state index contributed by atoms with van der Waals surface area (Å²) < 4.78 is 0. The molecule has 1 fully saturated rings. The fourth-order valence-electron chi connectivity index (χ4n) is 3.42. The Hall–Kier alpha value is -2.33. The zero-order valence-electron chi connectivity index (χ0n) is 13.1. The maximum Gasteiger partial charge on any atom is 0.268 e. The minimum atomic E-state index is -0.461. The molecular weight excluding hydrogens is 288 g/mol. The summed E-state index contributed by atoms with van der Waals surface area (Å²) in [6.45, 7) is 0. The zero-order valence-corrected chi connectivity index (χ0v) is 13.1. The van der Waals surface area contributed by atoms with E-state index in [-0.39, 0.29) is 11.3 Å². The summed E-state index contributed by atoms with van der Waals surface area (Å²) in [7, 11) is 0. The van der Waals surface area contributed by atoms with Gasteiger partial charge in [-0.15, -0.1) is 0 Å². The fraction of sp³-hybridized carbons (Fsp3) is 0.316. The number of phenols is 1. The molecule has 0 aliphatic heterocycles. The van der Waals surface area contributed by atoms with Crippen LogP contribution in [-0.4, -0.2) is 11.0 Å². The third-order valence-corrected chi connectivity index (χ3v) is 4.67. The second-order valence-electron chi connectivity index (χ2n) is 6.14. The first kappa shape index (κ1) is 15.6. The highest BCUT2D eigenvalue weighted by Gasteiger charge is 2.22. The minimum absolute atomic E-state index is 0.0151. The zero-order chi connectivity index (χ0) is 16.2. The third kappa shape index (κ3) is 3.22. The Balaban J connectivity index is 2.12. The first-order chi connectivity index (χ1) is 11.2. The van der Waals surface area contributed by atoms with Gasteiger partial charge in [0.2, 0.25) is 0 Å². The molecule has 4 N–H and O–H groups in total. The van der Waals surface area contributed by atoms with E-state index in [2.05, 4.69) is 5.43 Å². The van der Waals surface area contributed by atoms with Crippen LogP contribution in [0.5, 0.6) is 5.75 Å². The average Bonchev–Trinajstić information content (AvgIpc) is 2.62. The number of phenolic OH excluding ortho intramolecular Hbond substituents is 1. The number of carbonyl (C=O) groups is 1. The lowest BCUT2D eigenvalue weighted by Gasteiger charge is -2.23. The molecule has 1 amide bonds. The second-order valence-corrected chi connectivity index (χ2v) is 6.14. The van der Waals surface area contributed by atoms with Crippen LogP contribution in [0.1, 0.15) is 53.9 Å². The quantitative estimate of drug-likeness (QED) is 0.459. The van der Waals surface area contributed by atoms with Crippen LogP contribution in [0, 0.1) is 0 Å². The van der Waals surface area contributed by atoms with E-state index in [0.29, 0.717) is 11.5 Å².